The lowest BCUT2D eigenvalue weighted by atomic mass is 10.2. The number of aryl methyl sites for hydroxylation is 2. The summed E-state index contributed by atoms with van der Waals surface area (Å²) in [7, 11) is 0. The molecule has 0 bridgehead atoms. The van der Waals surface area contributed by atoms with E-state index in [9.17, 15) is 4.79 Å². The fourth-order valence-corrected chi connectivity index (χ4v) is 2.74. The van der Waals surface area contributed by atoms with Crippen LogP contribution in [0.25, 0.3) is 0 Å². The van der Waals surface area contributed by atoms with E-state index in [1.807, 2.05) is 44.2 Å². The van der Waals surface area contributed by atoms with E-state index in [1.165, 1.54) is 16.2 Å². The molecule has 1 aromatic carbocycles. The Hall–Kier alpha value is -1.13. The molecule has 1 amide bonds. The Morgan fingerprint density at radius 3 is 2.59 bits per heavy atom. The van der Waals surface area contributed by atoms with Crippen LogP contribution in [-0.4, -0.2) is 5.91 Å². The molecule has 88 valence electrons. The quantitative estimate of drug-likeness (QED) is 0.876. The number of thiophene rings is 1. The maximum Gasteiger partial charge on any atom is 0.265 e. The smallest absolute Gasteiger partial charge is 0.265 e. The minimum absolute atomic E-state index is 0.0573. The van der Waals surface area contributed by atoms with Crippen molar-refractivity contribution in [3.8, 4) is 0 Å². The standard InChI is InChI=1S/C13H12BrNOS/c1-8-7-12(17-9(8)2)13(16)15-11-6-4-3-5-10(11)14/h3-7H,1-2H3,(H,15,16). The van der Waals surface area contributed by atoms with Crippen molar-refractivity contribution >= 4 is 38.9 Å². The number of carbonyl (C=O) groups is 1. The number of halogens is 1. The van der Waals surface area contributed by atoms with Gasteiger partial charge in [0.1, 0.15) is 0 Å². The molecular formula is C13H12BrNOS. The van der Waals surface area contributed by atoms with Gasteiger partial charge in [-0.1, -0.05) is 12.1 Å². The fourth-order valence-electron chi connectivity index (χ4n) is 1.43. The molecule has 0 aliphatic heterocycles. The third-order valence-electron chi connectivity index (χ3n) is 2.51. The van der Waals surface area contributed by atoms with Gasteiger partial charge in [0.15, 0.2) is 0 Å². The fraction of sp³-hybridized carbons (Fsp3) is 0.154. The molecule has 1 aromatic heterocycles. The van der Waals surface area contributed by atoms with Crippen LogP contribution in [-0.2, 0) is 0 Å². The summed E-state index contributed by atoms with van der Waals surface area (Å²) in [5.41, 5.74) is 1.95. The minimum atomic E-state index is -0.0573. The number of benzene rings is 1. The van der Waals surface area contributed by atoms with Crippen molar-refractivity contribution in [3.63, 3.8) is 0 Å². The molecule has 0 fully saturated rings. The molecule has 0 spiro atoms. The third kappa shape index (κ3) is 2.76. The summed E-state index contributed by atoms with van der Waals surface area (Å²) in [5.74, 6) is -0.0573. The molecule has 2 aromatic rings. The molecule has 0 saturated heterocycles. The normalized spacial score (nSPS) is 10.3. The van der Waals surface area contributed by atoms with Crippen molar-refractivity contribution in [2.75, 3.05) is 5.32 Å². The maximum atomic E-state index is 12.0. The highest BCUT2D eigenvalue weighted by molar-refractivity contribution is 9.10. The van der Waals surface area contributed by atoms with Crippen LogP contribution in [0.3, 0.4) is 0 Å². The van der Waals surface area contributed by atoms with Gasteiger partial charge < -0.3 is 5.32 Å². The summed E-state index contributed by atoms with van der Waals surface area (Å²) in [5, 5.41) is 2.89. The molecule has 0 radical (unpaired) electrons. The van der Waals surface area contributed by atoms with Crippen molar-refractivity contribution in [1.82, 2.24) is 0 Å². The van der Waals surface area contributed by atoms with Crippen molar-refractivity contribution in [2.24, 2.45) is 0 Å². The summed E-state index contributed by atoms with van der Waals surface area (Å²) in [6, 6.07) is 9.51. The van der Waals surface area contributed by atoms with Gasteiger partial charge in [-0.3, -0.25) is 4.79 Å². The minimum Gasteiger partial charge on any atom is -0.320 e. The number of rotatable bonds is 2. The van der Waals surface area contributed by atoms with Gasteiger partial charge in [0.25, 0.3) is 5.91 Å². The monoisotopic (exact) mass is 309 g/mol. The van der Waals surface area contributed by atoms with E-state index in [0.29, 0.717) is 0 Å². The zero-order chi connectivity index (χ0) is 12.4. The third-order valence-corrected chi connectivity index (χ3v) is 4.35. The van der Waals surface area contributed by atoms with Crippen LogP contribution in [0.4, 0.5) is 5.69 Å². The molecule has 1 heterocycles. The van der Waals surface area contributed by atoms with E-state index in [4.69, 9.17) is 0 Å². The lowest BCUT2D eigenvalue weighted by molar-refractivity contribution is 0.103. The first-order chi connectivity index (χ1) is 8.08. The molecule has 0 aliphatic carbocycles. The SMILES string of the molecule is Cc1cc(C(=O)Nc2ccccc2Br)sc1C. The summed E-state index contributed by atoms with van der Waals surface area (Å²) in [6.07, 6.45) is 0. The highest BCUT2D eigenvalue weighted by atomic mass is 79.9. The highest BCUT2D eigenvalue weighted by Crippen LogP contribution is 2.25. The molecule has 2 nitrogen and oxygen atoms in total. The molecule has 4 heteroatoms. The zero-order valence-corrected chi connectivity index (χ0v) is 12.0. The average Bonchev–Trinajstić information content (AvgIpc) is 2.63. The number of carbonyl (C=O) groups excluding carboxylic acids is 1. The van der Waals surface area contributed by atoms with Gasteiger partial charge in [0.2, 0.25) is 0 Å². The Labute approximate surface area is 113 Å². The van der Waals surface area contributed by atoms with Crippen molar-refractivity contribution in [3.05, 3.63) is 50.1 Å². The maximum absolute atomic E-state index is 12.0. The predicted octanol–water partition coefficient (Wildman–Crippen LogP) is 4.38. The van der Waals surface area contributed by atoms with Crippen molar-refractivity contribution in [2.45, 2.75) is 13.8 Å². The second kappa shape index (κ2) is 5.02. The summed E-state index contributed by atoms with van der Waals surface area (Å²) in [4.78, 5) is 13.9. The second-order valence-corrected chi connectivity index (χ2v) is 5.89. The summed E-state index contributed by atoms with van der Waals surface area (Å²) >= 11 is 4.93. The number of para-hydroxylation sites is 1. The Balaban J connectivity index is 2.20. The van der Waals surface area contributed by atoms with Gasteiger partial charge in [0, 0.05) is 9.35 Å². The van der Waals surface area contributed by atoms with Crippen LogP contribution in [0.2, 0.25) is 0 Å². The Kier molecular flexibility index (Phi) is 3.64. The van der Waals surface area contributed by atoms with Crippen LogP contribution in [0, 0.1) is 13.8 Å². The Morgan fingerprint density at radius 1 is 1.29 bits per heavy atom. The van der Waals surface area contributed by atoms with E-state index in [-0.39, 0.29) is 5.91 Å². The number of hydrogen-bond donors (Lipinski definition) is 1. The van der Waals surface area contributed by atoms with E-state index in [1.54, 1.807) is 0 Å². The Bertz CT molecular complexity index is 543. The van der Waals surface area contributed by atoms with Gasteiger partial charge in [-0.25, -0.2) is 0 Å². The van der Waals surface area contributed by atoms with Gasteiger partial charge >= 0.3 is 0 Å². The van der Waals surface area contributed by atoms with Crippen LogP contribution in [0.5, 0.6) is 0 Å². The number of nitrogens with one attached hydrogen (secondary N) is 1. The number of amides is 1. The molecule has 0 unspecified atom stereocenters. The second-order valence-electron chi connectivity index (χ2n) is 3.78. The highest BCUT2D eigenvalue weighted by Gasteiger charge is 2.11. The largest absolute Gasteiger partial charge is 0.320 e. The predicted molar refractivity (Wildman–Crippen MR) is 75.9 cm³/mol. The molecular weight excluding hydrogens is 298 g/mol. The van der Waals surface area contributed by atoms with Crippen LogP contribution in [0.1, 0.15) is 20.1 Å². The first-order valence-corrected chi connectivity index (χ1v) is 6.82. The van der Waals surface area contributed by atoms with E-state index in [2.05, 4.69) is 21.2 Å². The van der Waals surface area contributed by atoms with Crippen LogP contribution < -0.4 is 5.32 Å². The van der Waals surface area contributed by atoms with Crippen LogP contribution >= 0.6 is 27.3 Å². The first-order valence-electron chi connectivity index (χ1n) is 5.21. The first kappa shape index (κ1) is 12.3. The number of anilines is 1. The molecule has 17 heavy (non-hydrogen) atoms. The van der Waals surface area contributed by atoms with Gasteiger partial charge in [-0.05, 0) is 53.5 Å². The van der Waals surface area contributed by atoms with Crippen molar-refractivity contribution < 1.29 is 4.79 Å². The van der Waals surface area contributed by atoms with Gasteiger partial charge in [-0.2, -0.15) is 0 Å². The molecule has 0 atom stereocenters. The van der Waals surface area contributed by atoms with Crippen molar-refractivity contribution in [1.29, 1.82) is 0 Å². The molecule has 1 N–H and O–H groups in total. The zero-order valence-electron chi connectivity index (χ0n) is 9.58. The van der Waals surface area contributed by atoms with E-state index < -0.39 is 0 Å². The molecule has 2 rings (SSSR count). The van der Waals surface area contributed by atoms with Gasteiger partial charge in [0.05, 0.1) is 10.6 Å². The Morgan fingerprint density at radius 2 is 2.00 bits per heavy atom. The summed E-state index contributed by atoms with van der Waals surface area (Å²) in [6.45, 7) is 4.04. The topological polar surface area (TPSA) is 29.1 Å². The summed E-state index contributed by atoms with van der Waals surface area (Å²) < 4.78 is 0.887. The number of hydrogen-bond acceptors (Lipinski definition) is 2. The lowest BCUT2D eigenvalue weighted by Gasteiger charge is -2.05. The van der Waals surface area contributed by atoms with E-state index >= 15 is 0 Å². The molecule has 0 saturated carbocycles. The van der Waals surface area contributed by atoms with Crippen LogP contribution in [0.15, 0.2) is 34.8 Å². The molecule has 0 aliphatic rings. The van der Waals surface area contributed by atoms with Gasteiger partial charge in [-0.15, -0.1) is 11.3 Å². The van der Waals surface area contributed by atoms with E-state index in [0.717, 1.165) is 20.6 Å². The average molecular weight is 310 g/mol. The lowest BCUT2D eigenvalue weighted by Crippen LogP contribution is -2.10.